The average Bonchev–Trinajstić information content (AvgIpc) is 2.34. The Balaban J connectivity index is 2.79. The summed E-state index contributed by atoms with van der Waals surface area (Å²) in [5, 5.41) is 13.2. The van der Waals surface area contributed by atoms with Crippen LogP contribution in [0.3, 0.4) is 0 Å². The first kappa shape index (κ1) is 16.3. The zero-order chi connectivity index (χ0) is 15.3. The zero-order valence-electron chi connectivity index (χ0n) is 12.7. The predicted molar refractivity (Wildman–Crippen MR) is 79.6 cm³/mol. The molecule has 0 spiro atoms. The standard InChI is InChI=1S/C11H24N8O/c1-11(20,7-18(2)3)6-13-8-14-9(17-12)16-10(15-8)19(4)5/h20H,6-7,12H2,1-5H3,(H2,13,14,15,16,17). The summed E-state index contributed by atoms with van der Waals surface area (Å²) in [5.74, 6) is 6.42. The molecule has 9 heteroatoms. The zero-order valence-corrected chi connectivity index (χ0v) is 12.7. The second-order valence-corrected chi connectivity index (χ2v) is 5.41. The molecule has 0 saturated heterocycles. The lowest BCUT2D eigenvalue weighted by Crippen LogP contribution is -2.43. The van der Waals surface area contributed by atoms with Gasteiger partial charge in [-0.15, -0.1) is 0 Å². The van der Waals surface area contributed by atoms with Crippen LogP contribution in [0, 0.1) is 0 Å². The van der Waals surface area contributed by atoms with E-state index in [0.717, 1.165) is 0 Å². The van der Waals surface area contributed by atoms with Gasteiger partial charge in [0.2, 0.25) is 17.8 Å². The minimum absolute atomic E-state index is 0.262. The quantitative estimate of drug-likeness (QED) is 0.367. The monoisotopic (exact) mass is 284 g/mol. The molecule has 0 amide bonds. The van der Waals surface area contributed by atoms with Gasteiger partial charge in [-0.3, -0.25) is 5.43 Å². The van der Waals surface area contributed by atoms with E-state index in [2.05, 4.69) is 25.7 Å². The molecule has 0 aliphatic heterocycles. The van der Waals surface area contributed by atoms with Crippen molar-refractivity contribution in [3.05, 3.63) is 0 Å². The smallest absolute Gasteiger partial charge is 0.243 e. The van der Waals surface area contributed by atoms with Crippen molar-refractivity contribution in [2.45, 2.75) is 12.5 Å². The van der Waals surface area contributed by atoms with Gasteiger partial charge in [-0.25, -0.2) is 5.84 Å². The van der Waals surface area contributed by atoms with Gasteiger partial charge in [-0.05, 0) is 21.0 Å². The van der Waals surface area contributed by atoms with Crippen LogP contribution in [0.4, 0.5) is 17.8 Å². The minimum Gasteiger partial charge on any atom is -0.387 e. The fourth-order valence-corrected chi connectivity index (χ4v) is 1.71. The number of rotatable bonds is 7. The Bertz CT molecular complexity index is 434. The summed E-state index contributed by atoms with van der Waals surface area (Å²) in [6.07, 6.45) is 0. The molecule has 1 unspecified atom stereocenters. The van der Waals surface area contributed by atoms with Crippen LogP contribution in [0.1, 0.15) is 6.92 Å². The Morgan fingerprint density at radius 3 is 2.25 bits per heavy atom. The van der Waals surface area contributed by atoms with Gasteiger partial charge < -0.3 is 20.2 Å². The largest absolute Gasteiger partial charge is 0.387 e. The molecule has 1 rings (SSSR count). The van der Waals surface area contributed by atoms with Crippen molar-refractivity contribution in [2.24, 2.45) is 5.84 Å². The molecule has 0 radical (unpaired) electrons. The summed E-state index contributed by atoms with van der Waals surface area (Å²) in [5.41, 5.74) is 1.49. The van der Waals surface area contributed by atoms with Crippen LogP contribution in [-0.2, 0) is 0 Å². The van der Waals surface area contributed by atoms with Gasteiger partial charge in [0.25, 0.3) is 0 Å². The molecule has 0 aliphatic rings. The van der Waals surface area contributed by atoms with Gasteiger partial charge in [0.15, 0.2) is 0 Å². The molecule has 9 nitrogen and oxygen atoms in total. The van der Waals surface area contributed by atoms with Crippen molar-refractivity contribution < 1.29 is 5.11 Å². The average molecular weight is 284 g/mol. The maximum absolute atomic E-state index is 10.2. The van der Waals surface area contributed by atoms with Crippen molar-refractivity contribution in [1.82, 2.24) is 19.9 Å². The fraction of sp³-hybridized carbons (Fsp3) is 0.727. The molecule has 1 aromatic heterocycles. The van der Waals surface area contributed by atoms with Gasteiger partial charge >= 0.3 is 0 Å². The molecule has 0 aromatic carbocycles. The van der Waals surface area contributed by atoms with E-state index in [0.29, 0.717) is 25.0 Å². The summed E-state index contributed by atoms with van der Waals surface area (Å²) in [6, 6.07) is 0. The number of hydrogen-bond donors (Lipinski definition) is 4. The number of hydrogen-bond acceptors (Lipinski definition) is 9. The van der Waals surface area contributed by atoms with Gasteiger partial charge in [-0.2, -0.15) is 15.0 Å². The number of nitrogens with two attached hydrogens (primary N) is 1. The van der Waals surface area contributed by atoms with Crippen molar-refractivity contribution >= 4 is 17.8 Å². The molecule has 0 saturated carbocycles. The summed E-state index contributed by atoms with van der Waals surface area (Å²) in [4.78, 5) is 16.1. The molecule has 114 valence electrons. The van der Waals surface area contributed by atoms with E-state index >= 15 is 0 Å². The Morgan fingerprint density at radius 2 is 1.75 bits per heavy atom. The molecule has 1 heterocycles. The number of hydrazine groups is 1. The van der Waals surface area contributed by atoms with Gasteiger partial charge in [-0.1, -0.05) is 0 Å². The van der Waals surface area contributed by atoms with E-state index in [1.54, 1.807) is 11.8 Å². The molecular weight excluding hydrogens is 260 g/mol. The molecule has 20 heavy (non-hydrogen) atoms. The lowest BCUT2D eigenvalue weighted by Gasteiger charge is -2.27. The number of likely N-dealkylation sites (N-methyl/N-ethyl adjacent to an activating group) is 1. The summed E-state index contributed by atoms with van der Waals surface area (Å²) < 4.78 is 0. The number of anilines is 3. The van der Waals surface area contributed by atoms with E-state index < -0.39 is 5.60 Å². The molecule has 1 atom stereocenters. The fourth-order valence-electron chi connectivity index (χ4n) is 1.71. The van der Waals surface area contributed by atoms with E-state index in [-0.39, 0.29) is 5.95 Å². The number of aromatic nitrogens is 3. The Kier molecular flexibility index (Phi) is 5.43. The number of nitrogen functional groups attached to an aromatic ring is 1. The maximum Gasteiger partial charge on any atom is 0.243 e. The van der Waals surface area contributed by atoms with E-state index in [4.69, 9.17) is 5.84 Å². The Labute approximate surface area is 119 Å². The molecular formula is C11H24N8O. The minimum atomic E-state index is -0.898. The second kappa shape index (κ2) is 6.64. The van der Waals surface area contributed by atoms with Crippen LogP contribution in [0.25, 0.3) is 0 Å². The molecule has 0 fully saturated rings. The van der Waals surface area contributed by atoms with E-state index in [1.807, 2.05) is 33.1 Å². The molecule has 0 bridgehead atoms. The second-order valence-electron chi connectivity index (χ2n) is 5.41. The number of nitrogens with one attached hydrogen (secondary N) is 2. The van der Waals surface area contributed by atoms with Crippen molar-refractivity contribution in [2.75, 3.05) is 56.9 Å². The third kappa shape index (κ3) is 5.11. The lowest BCUT2D eigenvalue weighted by atomic mass is 10.1. The van der Waals surface area contributed by atoms with Gasteiger partial charge in [0.05, 0.1) is 5.60 Å². The van der Waals surface area contributed by atoms with Gasteiger partial charge in [0.1, 0.15) is 0 Å². The van der Waals surface area contributed by atoms with E-state index in [9.17, 15) is 5.11 Å². The van der Waals surface area contributed by atoms with Crippen LogP contribution in [0.2, 0.25) is 0 Å². The highest BCUT2D eigenvalue weighted by atomic mass is 16.3. The highest BCUT2D eigenvalue weighted by molar-refractivity contribution is 5.42. The van der Waals surface area contributed by atoms with Crippen molar-refractivity contribution in [1.29, 1.82) is 0 Å². The number of aliphatic hydroxyl groups is 1. The lowest BCUT2D eigenvalue weighted by molar-refractivity contribution is 0.0458. The summed E-state index contributed by atoms with van der Waals surface area (Å²) in [7, 11) is 7.44. The first-order valence-corrected chi connectivity index (χ1v) is 6.24. The van der Waals surface area contributed by atoms with Crippen LogP contribution < -0.4 is 21.5 Å². The first-order valence-electron chi connectivity index (χ1n) is 6.24. The maximum atomic E-state index is 10.2. The predicted octanol–water partition coefficient (Wildman–Crippen LogP) is -1.05. The van der Waals surface area contributed by atoms with Crippen LogP contribution in [0.15, 0.2) is 0 Å². The van der Waals surface area contributed by atoms with Crippen molar-refractivity contribution in [3.8, 4) is 0 Å². The third-order valence-electron chi connectivity index (χ3n) is 2.44. The van der Waals surface area contributed by atoms with Crippen LogP contribution >= 0.6 is 0 Å². The Hall–Kier alpha value is -1.71. The third-order valence-corrected chi connectivity index (χ3v) is 2.44. The van der Waals surface area contributed by atoms with E-state index in [1.165, 1.54) is 0 Å². The molecule has 1 aromatic rings. The van der Waals surface area contributed by atoms with Crippen LogP contribution in [-0.4, -0.2) is 71.8 Å². The Morgan fingerprint density at radius 1 is 1.15 bits per heavy atom. The first-order chi connectivity index (χ1) is 9.23. The molecule has 5 N–H and O–H groups in total. The normalized spacial score (nSPS) is 14.0. The van der Waals surface area contributed by atoms with Crippen LogP contribution in [0.5, 0.6) is 0 Å². The SMILES string of the molecule is CN(C)CC(C)(O)CNc1nc(NN)nc(N(C)C)n1. The summed E-state index contributed by atoms with van der Waals surface area (Å²) in [6.45, 7) is 2.58. The summed E-state index contributed by atoms with van der Waals surface area (Å²) >= 11 is 0. The number of nitrogens with zero attached hydrogens (tertiary/aromatic N) is 5. The highest BCUT2D eigenvalue weighted by Gasteiger charge is 2.21. The highest BCUT2D eigenvalue weighted by Crippen LogP contribution is 2.12. The van der Waals surface area contributed by atoms with Gasteiger partial charge in [0, 0.05) is 27.2 Å². The van der Waals surface area contributed by atoms with Crippen molar-refractivity contribution in [3.63, 3.8) is 0 Å². The molecule has 0 aliphatic carbocycles. The topological polar surface area (TPSA) is 115 Å².